The Kier molecular flexibility index (Phi) is 6.31. The van der Waals surface area contributed by atoms with Gasteiger partial charge in [-0.1, -0.05) is 37.3 Å². The third-order valence-electron chi connectivity index (χ3n) is 4.17. The normalized spacial score (nSPS) is 10.7. The van der Waals surface area contributed by atoms with Gasteiger partial charge in [-0.15, -0.1) is 0 Å². The smallest absolute Gasteiger partial charge is 0.335 e. The summed E-state index contributed by atoms with van der Waals surface area (Å²) in [4.78, 5) is 25.3. The molecule has 0 fully saturated rings. The Hall–Kier alpha value is -2.66. The van der Waals surface area contributed by atoms with Gasteiger partial charge in [-0.2, -0.15) is 0 Å². The number of aromatic carboxylic acids is 1. The van der Waals surface area contributed by atoms with Crippen LogP contribution < -0.4 is 5.32 Å². The molecule has 0 aliphatic heterocycles. The number of carboxylic acids is 1. The van der Waals surface area contributed by atoms with Crippen LogP contribution >= 0.6 is 0 Å². The molecule has 0 spiro atoms. The Bertz CT molecular complexity index is 734. The summed E-state index contributed by atoms with van der Waals surface area (Å²) in [6, 6.07) is 12.7. The molecule has 0 radical (unpaired) electrons. The van der Waals surface area contributed by atoms with Gasteiger partial charge in [-0.25, -0.2) is 4.79 Å². The van der Waals surface area contributed by atoms with Crippen molar-refractivity contribution in [1.82, 2.24) is 4.90 Å². The number of nitrogens with one attached hydrogen (secondary N) is 1. The fourth-order valence-corrected chi connectivity index (χ4v) is 2.68. The first-order chi connectivity index (χ1) is 11.9. The van der Waals surface area contributed by atoms with Gasteiger partial charge in [0.05, 0.1) is 12.1 Å². The van der Waals surface area contributed by atoms with Crippen LogP contribution in [0.3, 0.4) is 0 Å². The van der Waals surface area contributed by atoms with Crippen LogP contribution in [0, 0.1) is 13.8 Å². The Morgan fingerprint density at radius 1 is 1.04 bits per heavy atom. The number of para-hydroxylation sites is 1. The first-order valence-corrected chi connectivity index (χ1v) is 8.31. The molecule has 2 aromatic carbocycles. The lowest BCUT2D eigenvalue weighted by molar-refractivity contribution is -0.117. The van der Waals surface area contributed by atoms with Gasteiger partial charge >= 0.3 is 5.97 Å². The topological polar surface area (TPSA) is 69.6 Å². The fraction of sp³-hybridized carbons (Fsp3) is 0.300. The van der Waals surface area contributed by atoms with Crippen molar-refractivity contribution >= 4 is 17.6 Å². The molecule has 0 unspecified atom stereocenters. The highest BCUT2D eigenvalue weighted by Gasteiger charge is 2.12. The van der Waals surface area contributed by atoms with Crippen molar-refractivity contribution in [1.29, 1.82) is 0 Å². The maximum Gasteiger partial charge on any atom is 0.335 e. The number of aryl methyl sites for hydroxylation is 2. The number of anilines is 1. The van der Waals surface area contributed by atoms with Crippen molar-refractivity contribution in [3.63, 3.8) is 0 Å². The van der Waals surface area contributed by atoms with E-state index in [2.05, 4.69) is 5.32 Å². The van der Waals surface area contributed by atoms with E-state index in [0.717, 1.165) is 28.9 Å². The third-order valence-corrected chi connectivity index (χ3v) is 4.17. The molecular weight excluding hydrogens is 316 g/mol. The van der Waals surface area contributed by atoms with E-state index in [-0.39, 0.29) is 18.0 Å². The lowest BCUT2D eigenvalue weighted by Gasteiger charge is -2.21. The number of carbonyl (C=O) groups is 2. The molecular formula is C20H24N2O3. The average Bonchev–Trinajstić information content (AvgIpc) is 2.58. The maximum atomic E-state index is 12.4. The van der Waals surface area contributed by atoms with Crippen LogP contribution in [0.2, 0.25) is 0 Å². The van der Waals surface area contributed by atoms with Gasteiger partial charge in [0.1, 0.15) is 0 Å². The summed E-state index contributed by atoms with van der Waals surface area (Å²) in [6.45, 7) is 7.55. The van der Waals surface area contributed by atoms with Crippen molar-refractivity contribution in [2.45, 2.75) is 27.3 Å². The molecule has 0 saturated carbocycles. The van der Waals surface area contributed by atoms with E-state index in [4.69, 9.17) is 5.11 Å². The van der Waals surface area contributed by atoms with Crippen molar-refractivity contribution < 1.29 is 14.7 Å². The quantitative estimate of drug-likeness (QED) is 0.810. The van der Waals surface area contributed by atoms with E-state index in [1.807, 2.05) is 43.9 Å². The predicted octanol–water partition coefficient (Wildman–Crippen LogP) is 3.46. The zero-order valence-electron chi connectivity index (χ0n) is 14.9. The Morgan fingerprint density at radius 3 is 2.16 bits per heavy atom. The van der Waals surface area contributed by atoms with Gasteiger partial charge in [0, 0.05) is 12.2 Å². The zero-order chi connectivity index (χ0) is 18.4. The number of rotatable bonds is 7. The number of amides is 1. The summed E-state index contributed by atoms with van der Waals surface area (Å²) in [5.74, 6) is -0.992. The molecule has 5 nitrogen and oxygen atoms in total. The molecule has 0 aromatic heterocycles. The van der Waals surface area contributed by atoms with Crippen LogP contribution in [-0.4, -0.2) is 35.0 Å². The highest BCUT2D eigenvalue weighted by Crippen LogP contribution is 2.19. The summed E-state index contributed by atoms with van der Waals surface area (Å²) in [5, 5.41) is 11.9. The molecule has 1 amide bonds. The van der Waals surface area contributed by atoms with E-state index in [1.54, 1.807) is 24.3 Å². The van der Waals surface area contributed by atoms with Crippen molar-refractivity contribution in [3.05, 3.63) is 64.7 Å². The summed E-state index contributed by atoms with van der Waals surface area (Å²) >= 11 is 0. The molecule has 2 rings (SSSR count). The van der Waals surface area contributed by atoms with Crippen LogP contribution in [-0.2, 0) is 11.3 Å². The van der Waals surface area contributed by atoms with Crippen LogP contribution in [0.5, 0.6) is 0 Å². The number of carboxylic acid groups (broad SMARTS) is 1. The highest BCUT2D eigenvalue weighted by atomic mass is 16.4. The van der Waals surface area contributed by atoms with E-state index < -0.39 is 5.97 Å². The number of nitrogens with zero attached hydrogens (tertiary/aromatic N) is 1. The van der Waals surface area contributed by atoms with Crippen molar-refractivity contribution in [2.75, 3.05) is 18.4 Å². The lowest BCUT2D eigenvalue weighted by Crippen LogP contribution is -2.33. The average molecular weight is 340 g/mol. The monoisotopic (exact) mass is 340 g/mol. The Morgan fingerprint density at radius 2 is 1.64 bits per heavy atom. The minimum absolute atomic E-state index is 0.0543. The van der Waals surface area contributed by atoms with E-state index in [1.165, 1.54) is 0 Å². The lowest BCUT2D eigenvalue weighted by atomic mass is 10.1. The second-order valence-corrected chi connectivity index (χ2v) is 6.12. The van der Waals surface area contributed by atoms with Gasteiger partial charge < -0.3 is 10.4 Å². The summed E-state index contributed by atoms with van der Waals surface area (Å²) in [6.07, 6.45) is 0. The number of likely N-dealkylation sites (N-methyl/N-ethyl adjacent to an activating group) is 1. The molecule has 0 atom stereocenters. The van der Waals surface area contributed by atoms with Crippen LogP contribution in [0.4, 0.5) is 5.69 Å². The first kappa shape index (κ1) is 18.7. The number of hydrogen-bond donors (Lipinski definition) is 2. The molecule has 2 aromatic rings. The molecule has 0 saturated heterocycles. The number of carbonyl (C=O) groups excluding carboxylic acids is 1. The molecule has 0 bridgehead atoms. The molecule has 2 N–H and O–H groups in total. The molecule has 0 aliphatic rings. The number of hydrogen-bond acceptors (Lipinski definition) is 3. The molecule has 0 heterocycles. The van der Waals surface area contributed by atoms with E-state index in [9.17, 15) is 9.59 Å². The fourth-order valence-electron chi connectivity index (χ4n) is 2.68. The minimum atomic E-state index is -0.938. The summed E-state index contributed by atoms with van der Waals surface area (Å²) in [5.41, 5.74) is 4.20. The molecule has 0 aliphatic carbocycles. The second-order valence-electron chi connectivity index (χ2n) is 6.12. The third kappa shape index (κ3) is 5.16. The van der Waals surface area contributed by atoms with Gasteiger partial charge in [-0.3, -0.25) is 9.69 Å². The van der Waals surface area contributed by atoms with Gasteiger partial charge in [0.25, 0.3) is 0 Å². The second kappa shape index (κ2) is 8.44. The molecule has 132 valence electrons. The maximum absolute atomic E-state index is 12.4. The largest absolute Gasteiger partial charge is 0.478 e. The highest BCUT2D eigenvalue weighted by molar-refractivity contribution is 5.93. The van der Waals surface area contributed by atoms with Crippen molar-refractivity contribution in [3.8, 4) is 0 Å². The van der Waals surface area contributed by atoms with Crippen LogP contribution in [0.25, 0.3) is 0 Å². The predicted molar refractivity (Wildman–Crippen MR) is 98.9 cm³/mol. The zero-order valence-corrected chi connectivity index (χ0v) is 14.9. The van der Waals surface area contributed by atoms with Crippen LogP contribution in [0.15, 0.2) is 42.5 Å². The van der Waals surface area contributed by atoms with Crippen LogP contribution in [0.1, 0.15) is 34.0 Å². The minimum Gasteiger partial charge on any atom is -0.478 e. The Balaban J connectivity index is 1.99. The Labute approximate surface area is 148 Å². The SMILES string of the molecule is CCN(CC(=O)Nc1c(C)cccc1C)Cc1ccc(C(=O)O)cc1. The molecule has 5 heteroatoms. The van der Waals surface area contributed by atoms with E-state index >= 15 is 0 Å². The van der Waals surface area contributed by atoms with Crippen molar-refractivity contribution in [2.24, 2.45) is 0 Å². The first-order valence-electron chi connectivity index (χ1n) is 8.31. The molecule has 25 heavy (non-hydrogen) atoms. The summed E-state index contributed by atoms with van der Waals surface area (Å²) < 4.78 is 0. The number of benzene rings is 2. The van der Waals surface area contributed by atoms with Gasteiger partial charge in [0.2, 0.25) is 5.91 Å². The van der Waals surface area contributed by atoms with E-state index in [0.29, 0.717) is 6.54 Å². The standard InChI is InChI=1S/C20H24N2O3/c1-4-22(12-16-8-10-17(11-9-16)20(24)25)13-18(23)21-19-14(2)6-5-7-15(19)3/h5-11H,4,12-13H2,1-3H3,(H,21,23)(H,24,25). The summed E-state index contributed by atoms with van der Waals surface area (Å²) in [7, 11) is 0. The van der Waals surface area contributed by atoms with Gasteiger partial charge in [0.15, 0.2) is 0 Å². The van der Waals surface area contributed by atoms with Gasteiger partial charge in [-0.05, 0) is 49.2 Å².